The van der Waals surface area contributed by atoms with Gasteiger partial charge in [-0.05, 0) is 44.0 Å². The molecule has 6 heteroatoms. The number of anilines is 1. The van der Waals surface area contributed by atoms with E-state index in [9.17, 15) is 4.79 Å². The van der Waals surface area contributed by atoms with Gasteiger partial charge in [-0.3, -0.25) is 5.32 Å². The van der Waals surface area contributed by atoms with Crippen LogP contribution in [0.4, 0.5) is 10.6 Å². The SMILES string of the molecule is Cc1cc(NC(=O)NCCOc2ccc(C)c(C)c2)no1. The molecule has 2 aromatic rings. The first-order valence-electron chi connectivity index (χ1n) is 6.73. The van der Waals surface area contributed by atoms with Crippen LogP contribution >= 0.6 is 0 Å². The second kappa shape index (κ2) is 6.78. The summed E-state index contributed by atoms with van der Waals surface area (Å²) in [5.74, 6) is 1.83. The van der Waals surface area contributed by atoms with Crippen LogP contribution in [0.15, 0.2) is 28.8 Å². The first-order valence-corrected chi connectivity index (χ1v) is 6.73. The molecule has 0 saturated heterocycles. The molecule has 1 aromatic heterocycles. The number of hydrogen-bond donors (Lipinski definition) is 2. The van der Waals surface area contributed by atoms with E-state index in [0.717, 1.165) is 5.75 Å². The molecule has 0 spiro atoms. The number of ether oxygens (including phenoxy) is 1. The van der Waals surface area contributed by atoms with E-state index in [1.54, 1.807) is 13.0 Å². The average molecular weight is 289 g/mol. The average Bonchev–Trinajstić information content (AvgIpc) is 2.84. The molecule has 0 fully saturated rings. The molecule has 0 aliphatic carbocycles. The van der Waals surface area contributed by atoms with Crippen molar-refractivity contribution in [2.75, 3.05) is 18.5 Å². The third-order valence-corrected chi connectivity index (χ3v) is 3.00. The van der Waals surface area contributed by atoms with E-state index >= 15 is 0 Å². The van der Waals surface area contributed by atoms with Crippen LogP contribution in [-0.4, -0.2) is 24.3 Å². The molecule has 0 radical (unpaired) electrons. The van der Waals surface area contributed by atoms with Crippen molar-refractivity contribution in [2.24, 2.45) is 0 Å². The quantitative estimate of drug-likeness (QED) is 0.830. The van der Waals surface area contributed by atoms with Crippen molar-refractivity contribution in [3.8, 4) is 5.75 Å². The normalized spacial score (nSPS) is 10.2. The van der Waals surface area contributed by atoms with Crippen LogP contribution in [0.25, 0.3) is 0 Å². The number of nitrogens with zero attached hydrogens (tertiary/aromatic N) is 1. The topological polar surface area (TPSA) is 76.4 Å². The fourth-order valence-electron chi connectivity index (χ4n) is 1.72. The number of aromatic nitrogens is 1. The van der Waals surface area contributed by atoms with Crippen molar-refractivity contribution in [2.45, 2.75) is 20.8 Å². The van der Waals surface area contributed by atoms with Crippen molar-refractivity contribution in [1.82, 2.24) is 10.5 Å². The van der Waals surface area contributed by atoms with Gasteiger partial charge in [0.1, 0.15) is 18.1 Å². The van der Waals surface area contributed by atoms with Crippen LogP contribution in [0.2, 0.25) is 0 Å². The van der Waals surface area contributed by atoms with Crippen molar-refractivity contribution in [1.29, 1.82) is 0 Å². The highest BCUT2D eigenvalue weighted by Gasteiger charge is 2.05. The van der Waals surface area contributed by atoms with Crippen molar-refractivity contribution in [3.05, 3.63) is 41.2 Å². The Kier molecular flexibility index (Phi) is 4.81. The Morgan fingerprint density at radius 3 is 2.71 bits per heavy atom. The van der Waals surface area contributed by atoms with Crippen LogP contribution in [0.1, 0.15) is 16.9 Å². The van der Waals surface area contributed by atoms with E-state index in [-0.39, 0.29) is 6.03 Å². The maximum Gasteiger partial charge on any atom is 0.320 e. The fraction of sp³-hybridized carbons (Fsp3) is 0.333. The maximum absolute atomic E-state index is 11.6. The molecular formula is C15H19N3O3. The number of hydrogen-bond acceptors (Lipinski definition) is 4. The van der Waals surface area contributed by atoms with Crippen LogP contribution < -0.4 is 15.4 Å². The zero-order valence-electron chi connectivity index (χ0n) is 12.4. The van der Waals surface area contributed by atoms with Gasteiger partial charge in [0.25, 0.3) is 0 Å². The van der Waals surface area contributed by atoms with Crippen LogP contribution in [0.5, 0.6) is 5.75 Å². The molecule has 0 unspecified atom stereocenters. The number of urea groups is 1. The monoisotopic (exact) mass is 289 g/mol. The summed E-state index contributed by atoms with van der Waals surface area (Å²) in [4.78, 5) is 11.6. The van der Waals surface area contributed by atoms with E-state index < -0.39 is 0 Å². The Balaban J connectivity index is 1.69. The van der Waals surface area contributed by atoms with Gasteiger partial charge >= 0.3 is 6.03 Å². The van der Waals surface area contributed by atoms with Gasteiger partial charge in [-0.25, -0.2) is 4.79 Å². The van der Waals surface area contributed by atoms with Crippen LogP contribution in [0, 0.1) is 20.8 Å². The van der Waals surface area contributed by atoms with Gasteiger partial charge in [0, 0.05) is 6.07 Å². The van der Waals surface area contributed by atoms with E-state index in [0.29, 0.717) is 24.7 Å². The van der Waals surface area contributed by atoms with Crippen LogP contribution in [-0.2, 0) is 0 Å². The van der Waals surface area contributed by atoms with E-state index in [4.69, 9.17) is 9.26 Å². The molecule has 1 aromatic carbocycles. The minimum Gasteiger partial charge on any atom is -0.492 e. The lowest BCUT2D eigenvalue weighted by atomic mass is 10.1. The molecule has 0 atom stereocenters. The summed E-state index contributed by atoms with van der Waals surface area (Å²) < 4.78 is 10.4. The minimum absolute atomic E-state index is 0.341. The highest BCUT2D eigenvalue weighted by Crippen LogP contribution is 2.16. The summed E-state index contributed by atoms with van der Waals surface area (Å²) in [5.41, 5.74) is 2.40. The highest BCUT2D eigenvalue weighted by molar-refractivity contribution is 5.88. The molecule has 0 aliphatic heterocycles. The van der Waals surface area contributed by atoms with Crippen molar-refractivity contribution >= 4 is 11.8 Å². The molecule has 0 aliphatic rings. The summed E-state index contributed by atoms with van der Waals surface area (Å²) in [6, 6.07) is 7.21. The number of aryl methyl sites for hydroxylation is 3. The van der Waals surface area contributed by atoms with Gasteiger partial charge < -0.3 is 14.6 Å². The van der Waals surface area contributed by atoms with Crippen molar-refractivity contribution < 1.29 is 14.1 Å². The zero-order chi connectivity index (χ0) is 15.2. The lowest BCUT2D eigenvalue weighted by Gasteiger charge is -2.09. The molecule has 0 saturated carbocycles. The number of nitrogens with one attached hydrogen (secondary N) is 2. The van der Waals surface area contributed by atoms with Gasteiger partial charge in [-0.1, -0.05) is 11.2 Å². The number of carbonyl (C=O) groups excluding carboxylic acids is 1. The number of benzene rings is 1. The third kappa shape index (κ3) is 4.52. The Hall–Kier alpha value is -2.50. The standard InChI is InChI=1S/C15H19N3O3/c1-10-4-5-13(8-11(10)2)20-7-6-16-15(19)17-14-9-12(3)21-18-14/h4-5,8-9H,6-7H2,1-3H3,(H2,16,17,18,19). The second-order valence-corrected chi connectivity index (χ2v) is 4.80. The van der Waals surface area contributed by atoms with Crippen molar-refractivity contribution in [3.63, 3.8) is 0 Å². The number of carbonyl (C=O) groups is 1. The van der Waals surface area contributed by atoms with Gasteiger partial charge in [0.2, 0.25) is 0 Å². The molecule has 112 valence electrons. The van der Waals surface area contributed by atoms with E-state index in [1.165, 1.54) is 11.1 Å². The fourth-order valence-corrected chi connectivity index (χ4v) is 1.72. The number of amides is 2. The molecule has 2 rings (SSSR count). The summed E-state index contributed by atoms with van der Waals surface area (Å²) in [5, 5.41) is 8.92. The third-order valence-electron chi connectivity index (χ3n) is 3.00. The largest absolute Gasteiger partial charge is 0.492 e. The summed E-state index contributed by atoms with van der Waals surface area (Å²) in [7, 11) is 0. The molecule has 2 amide bonds. The first kappa shape index (κ1) is 14.9. The Morgan fingerprint density at radius 2 is 2.05 bits per heavy atom. The predicted molar refractivity (Wildman–Crippen MR) is 79.7 cm³/mol. The highest BCUT2D eigenvalue weighted by atomic mass is 16.5. The lowest BCUT2D eigenvalue weighted by Crippen LogP contribution is -2.32. The van der Waals surface area contributed by atoms with Gasteiger partial charge in [0.15, 0.2) is 5.82 Å². The van der Waals surface area contributed by atoms with E-state index in [1.807, 2.05) is 25.1 Å². The Morgan fingerprint density at radius 1 is 1.24 bits per heavy atom. The lowest BCUT2D eigenvalue weighted by molar-refractivity contribution is 0.247. The van der Waals surface area contributed by atoms with Gasteiger partial charge in [-0.2, -0.15) is 0 Å². The Bertz CT molecular complexity index is 622. The van der Waals surface area contributed by atoms with Crippen LogP contribution in [0.3, 0.4) is 0 Å². The summed E-state index contributed by atoms with van der Waals surface area (Å²) >= 11 is 0. The smallest absolute Gasteiger partial charge is 0.320 e. The molecule has 6 nitrogen and oxygen atoms in total. The zero-order valence-corrected chi connectivity index (χ0v) is 12.4. The van der Waals surface area contributed by atoms with E-state index in [2.05, 4.69) is 22.7 Å². The summed E-state index contributed by atoms with van der Waals surface area (Å²) in [6.07, 6.45) is 0. The first-order chi connectivity index (χ1) is 10.0. The van der Waals surface area contributed by atoms with Gasteiger partial charge in [-0.15, -0.1) is 0 Å². The number of rotatable bonds is 5. The maximum atomic E-state index is 11.6. The predicted octanol–water partition coefficient (Wildman–Crippen LogP) is 2.80. The Labute approximate surface area is 123 Å². The summed E-state index contributed by atoms with van der Waals surface area (Å²) in [6.45, 7) is 6.64. The molecular weight excluding hydrogens is 270 g/mol. The van der Waals surface area contributed by atoms with Gasteiger partial charge in [0.05, 0.1) is 6.54 Å². The molecule has 0 bridgehead atoms. The molecule has 21 heavy (non-hydrogen) atoms. The minimum atomic E-state index is -0.341. The molecule has 1 heterocycles. The molecule has 2 N–H and O–H groups in total. The second-order valence-electron chi connectivity index (χ2n) is 4.80.